The van der Waals surface area contributed by atoms with E-state index in [0.717, 1.165) is 31.9 Å². The van der Waals surface area contributed by atoms with Crippen LogP contribution < -0.4 is 5.73 Å². The fourth-order valence-corrected chi connectivity index (χ4v) is 1.17. The topological polar surface area (TPSA) is 47.6 Å². The van der Waals surface area contributed by atoms with Gasteiger partial charge in [-0.05, 0) is 12.8 Å². The van der Waals surface area contributed by atoms with Gasteiger partial charge in [-0.3, -0.25) is 4.99 Å². The minimum Gasteiger partial charge on any atom is -0.387 e. The number of nitrogens with two attached hydrogens (primary N) is 1. The Morgan fingerprint density at radius 1 is 1.42 bits per heavy atom. The first-order valence-electron chi connectivity index (χ1n) is 4.61. The zero-order valence-electron chi connectivity index (χ0n) is 7.92. The molecule has 1 saturated heterocycles. The van der Waals surface area contributed by atoms with E-state index in [-0.39, 0.29) is 0 Å². The molecule has 2 N–H and O–H groups in total. The maximum absolute atomic E-state index is 5.76. The molecule has 0 atom stereocenters. The second-order valence-electron chi connectivity index (χ2n) is 3.55. The highest BCUT2D eigenvalue weighted by atomic mass is 16.5. The summed E-state index contributed by atoms with van der Waals surface area (Å²) in [7, 11) is 0. The molecule has 3 heteroatoms. The first-order chi connectivity index (χ1) is 5.70. The summed E-state index contributed by atoms with van der Waals surface area (Å²) in [5, 5.41) is 0. The Hall–Kier alpha value is -0.570. The molecule has 3 nitrogen and oxygen atoms in total. The molecule has 0 spiro atoms. The van der Waals surface area contributed by atoms with Crippen molar-refractivity contribution in [1.82, 2.24) is 0 Å². The molecular formula is C9H18N2O. The minimum atomic E-state index is 0.368. The van der Waals surface area contributed by atoms with Gasteiger partial charge in [0, 0.05) is 19.1 Å². The zero-order chi connectivity index (χ0) is 8.97. The van der Waals surface area contributed by atoms with Crippen LogP contribution in [0.15, 0.2) is 4.99 Å². The Labute approximate surface area is 74.0 Å². The first kappa shape index (κ1) is 9.52. The number of hydrogen-bond acceptors (Lipinski definition) is 2. The van der Waals surface area contributed by atoms with Crippen molar-refractivity contribution >= 4 is 5.84 Å². The van der Waals surface area contributed by atoms with Crippen LogP contribution in [0.25, 0.3) is 0 Å². The molecule has 0 aliphatic carbocycles. The number of rotatable bonds is 2. The molecule has 0 bridgehead atoms. The second-order valence-corrected chi connectivity index (χ2v) is 3.55. The van der Waals surface area contributed by atoms with Gasteiger partial charge in [-0.15, -0.1) is 0 Å². The number of ether oxygens (including phenoxy) is 1. The molecule has 70 valence electrons. The summed E-state index contributed by atoms with van der Waals surface area (Å²) in [6, 6.07) is 0.404. The Bertz CT molecular complexity index is 160. The molecule has 0 aromatic heterocycles. The summed E-state index contributed by atoms with van der Waals surface area (Å²) < 4.78 is 5.23. The highest BCUT2D eigenvalue weighted by molar-refractivity contribution is 5.82. The van der Waals surface area contributed by atoms with E-state index in [1.807, 2.05) is 0 Å². The monoisotopic (exact) mass is 170 g/mol. The van der Waals surface area contributed by atoms with E-state index in [4.69, 9.17) is 10.5 Å². The Kier molecular flexibility index (Phi) is 3.53. The third kappa shape index (κ3) is 2.81. The van der Waals surface area contributed by atoms with Crippen LogP contribution in [0.1, 0.15) is 26.7 Å². The summed E-state index contributed by atoms with van der Waals surface area (Å²) in [6.07, 6.45) is 2.04. The van der Waals surface area contributed by atoms with Crippen LogP contribution >= 0.6 is 0 Å². The molecule has 1 rings (SSSR count). The quantitative estimate of drug-likeness (QED) is 0.499. The molecule has 0 amide bonds. The molecule has 0 saturated carbocycles. The molecule has 12 heavy (non-hydrogen) atoms. The lowest BCUT2D eigenvalue weighted by Gasteiger charge is -2.19. The van der Waals surface area contributed by atoms with Crippen LogP contribution in [0, 0.1) is 5.92 Å². The van der Waals surface area contributed by atoms with Crippen LogP contribution in [0.2, 0.25) is 0 Å². The number of aliphatic imine (C=N–C) groups is 1. The minimum absolute atomic E-state index is 0.368. The predicted molar refractivity (Wildman–Crippen MR) is 50.3 cm³/mol. The molecule has 0 radical (unpaired) electrons. The Morgan fingerprint density at radius 3 is 2.50 bits per heavy atom. The third-order valence-electron chi connectivity index (χ3n) is 2.11. The van der Waals surface area contributed by atoms with E-state index < -0.39 is 0 Å². The summed E-state index contributed by atoms with van der Waals surface area (Å²) in [5.74, 6) is 1.15. The molecule has 1 fully saturated rings. The van der Waals surface area contributed by atoms with Gasteiger partial charge in [0.15, 0.2) is 0 Å². The molecular weight excluding hydrogens is 152 g/mol. The third-order valence-corrected chi connectivity index (χ3v) is 2.11. The molecule has 1 aliphatic heterocycles. The summed E-state index contributed by atoms with van der Waals surface area (Å²) in [6.45, 7) is 5.80. The Balaban J connectivity index is 2.41. The highest BCUT2D eigenvalue weighted by Gasteiger charge is 2.13. The zero-order valence-corrected chi connectivity index (χ0v) is 7.92. The van der Waals surface area contributed by atoms with Gasteiger partial charge in [-0.1, -0.05) is 13.8 Å². The standard InChI is InChI=1S/C9H18N2O/c1-7(2)9(10)11-8-3-5-12-6-4-8/h7-8H,3-6H2,1-2H3,(H2,10,11). The van der Waals surface area contributed by atoms with E-state index in [1.54, 1.807) is 0 Å². The molecule has 0 aromatic rings. The fourth-order valence-electron chi connectivity index (χ4n) is 1.17. The summed E-state index contributed by atoms with van der Waals surface area (Å²) in [4.78, 5) is 4.45. The van der Waals surface area contributed by atoms with Crippen molar-refractivity contribution in [2.75, 3.05) is 13.2 Å². The van der Waals surface area contributed by atoms with Crippen molar-refractivity contribution in [3.05, 3.63) is 0 Å². The lowest BCUT2D eigenvalue weighted by Crippen LogP contribution is -2.25. The van der Waals surface area contributed by atoms with Crippen LogP contribution in [0.3, 0.4) is 0 Å². The predicted octanol–water partition coefficient (Wildman–Crippen LogP) is 1.18. The van der Waals surface area contributed by atoms with Gasteiger partial charge in [0.05, 0.1) is 11.9 Å². The maximum atomic E-state index is 5.76. The van der Waals surface area contributed by atoms with Gasteiger partial charge in [-0.25, -0.2) is 0 Å². The largest absolute Gasteiger partial charge is 0.387 e. The van der Waals surface area contributed by atoms with E-state index in [2.05, 4.69) is 18.8 Å². The van der Waals surface area contributed by atoms with Crippen LogP contribution in [0.5, 0.6) is 0 Å². The number of amidine groups is 1. The highest BCUT2D eigenvalue weighted by Crippen LogP contribution is 2.11. The molecule has 1 heterocycles. The van der Waals surface area contributed by atoms with E-state index in [1.165, 1.54) is 0 Å². The van der Waals surface area contributed by atoms with Crippen molar-refractivity contribution in [2.45, 2.75) is 32.7 Å². The fraction of sp³-hybridized carbons (Fsp3) is 0.889. The van der Waals surface area contributed by atoms with Gasteiger partial charge in [0.2, 0.25) is 0 Å². The molecule has 0 aromatic carbocycles. The van der Waals surface area contributed by atoms with E-state index in [0.29, 0.717) is 12.0 Å². The van der Waals surface area contributed by atoms with Crippen LogP contribution in [-0.2, 0) is 4.74 Å². The van der Waals surface area contributed by atoms with Crippen molar-refractivity contribution in [3.8, 4) is 0 Å². The SMILES string of the molecule is CC(C)C(N)=NC1CCOCC1. The lowest BCUT2D eigenvalue weighted by molar-refractivity contribution is 0.0870. The molecule has 1 aliphatic rings. The number of hydrogen-bond donors (Lipinski definition) is 1. The van der Waals surface area contributed by atoms with Gasteiger partial charge < -0.3 is 10.5 Å². The van der Waals surface area contributed by atoms with Crippen molar-refractivity contribution in [1.29, 1.82) is 0 Å². The average Bonchev–Trinajstić information content (AvgIpc) is 2.06. The number of nitrogens with zero attached hydrogens (tertiary/aromatic N) is 1. The van der Waals surface area contributed by atoms with E-state index >= 15 is 0 Å². The van der Waals surface area contributed by atoms with Crippen molar-refractivity contribution in [3.63, 3.8) is 0 Å². The van der Waals surface area contributed by atoms with Crippen LogP contribution in [-0.4, -0.2) is 25.1 Å². The first-order valence-corrected chi connectivity index (χ1v) is 4.61. The van der Waals surface area contributed by atoms with Crippen LogP contribution in [0.4, 0.5) is 0 Å². The Morgan fingerprint density at radius 2 is 2.00 bits per heavy atom. The second kappa shape index (κ2) is 4.45. The van der Waals surface area contributed by atoms with Gasteiger partial charge in [0.1, 0.15) is 0 Å². The van der Waals surface area contributed by atoms with Crippen molar-refractivity contribution < 1.29 is 4.74 Å². The van der Waals surface area contributed by atoms with Gasteiger partial charge >= 0.3 is 0 Å². The van der Waals surface area contributed by atoms with Gasteiger partial charge in [0.25, 0.3) is 0 Å². The smallest absolute Gasteiger partial charge is 0.0966 e. The normalized spacial score (nSPS) is 21.8. The lowest BCUT2D eigenvalue weighted by atomic mass is 10.1. The maximum Gasteiger partial charge on any atom is 0.0966 e. The van der Waals surface area contributed by atoms with Gasteiger partial charge in [-0.2, -0.15) is 0 Å². The van der Waals surface area contributed by atoms with E-state index in [9.17, 15) is 0 Å². The van der Waals surface area contributed by atoms with Crippen molar-refractivity contribution in [2.24, 2.45) is 16.6 Å². The summed E-state index contributed by atoms with van der Waals surface area (Å²) >= 11 is 0. The molecule has 0 unspecified atom stereocenters. The average molecular weight is 170 g/mol. The summed E-state index contributed by atoms with van der Waals surface area (Å²) in [5.41, 5.74) is 5.76.